The number of carbonyl (C=O) groups is 4. The highest BCUT2D eigenvalue weighted by Gasteiger charge is 2.44. The molecule has 1 saturated carbocycles. The molecule has 0 heterocycles. The normalized spacial score (nSPS) is 15.1. The number of benzene rings is 1. The van der Waals surface area contributed by atoms with E-state index in [9.17, 15) is 24.3 Å². The molecule has 11 heteroatoms. The smallest absolute Gasteiger partial charge is 0.408 e. The topological polar surface area (TPSA) is 134 Å². The van der Waals surface area contributed by atoms with Crippen LogP contribution in [0.4, 0.5) is 4.79 Å². The van der Waals surface area contributed by atoms with Crippen molar-refractivity contribution in [3.63, 3.8) is 0 Å². The predicted molar refractivity (Wildman–Crippen MR) is 123 cm³/mol. The number of aromatic hydroxyl groups is 1. The van der Waals surface area contributed by atoms with Gasteiger partial charge in [0.15, 0.2) is 0 Å². The van der Waals surface area contributed by atoms with Crippen molar-refractivity contribution in [1.29, 1.82) is 0 Å². The Bertz CT molecular complexity index is 883. The molecule has 3 amide bonds. The highest BCUT2D eigenvalue weighted by Crippen LogP contribution is 2.36. The van der Waals surface area contributed by atoms with Gasteiger partial charge in [0.05, 0.1) is 7.11 Å². The average molecular weight is 482 g/mol. The number of hydrogen-bond donors (Lipinski definition) is 4. The number of nitrogens with one attached hydrogen (secondary N) is 2. The van der Waals surface area contributed by atoms with E-state index >= 15 is 0 Å². The quantitative estimate of drug-likeness (QED) is 0.310. The first-order valence-electron chi connectivity index (χ1n) is 10.5. The molecule has 2 rings (SSSR count). The number of ether oxygens (including phenoxy) is 2. The number of nitrogens with zero attached hydrogens (tertiary/aromatic N) is 1. The van der Waals surface area contributed by atoms with Crippen molar-refractivity contribution in [3.05, 3.63) is 29.8 Å². The summed E-state index contributed by atoms with van der Waals surface area (Å²) in [6.07, 6.45) is 0.545. The summed E-state index contributed by atoms with van der Waals surface area (Å²) < 4.78 is 9.81. The van der Waals surface area contributed by atoms with Gasteiger partial charge < -0.3 is 30.1 Å². The summed E-state index contributed by atoms with van der Waals surface area (Å²) in [7, 11) is 1.20. The van der Waals surface area contributed by atoms with Gasteiger partial charge in [-0.05, 0) is 51.3 Å². The van der Waals surface area contributed by atoms with E-state index in [1.54, 1.807) is 32.9 Å². The van der Waals surface area contributed by atoms with Gasteiger partial charge in [-0.1, -0.05) is 12.1 Å². The Kier molecular flexibility index (Phi) is 8.98. The van der Waals surface area contributed by atoms with Crippen molar-refractivity contribution >= 4 is 36.5 Å². The second-order valence-electron chi connectivity index (χ2n) is 8.65. The number of phenols is 1. The fraction of sp³-hybridized carbons (Fsp3) is 0.545. The van der Waals surface area contributed by atoms with E-state index in [0.717, 1.165) is 0 Å². The maximum Gasteiger partial charge on any atom is 0.408 e. The Balaban J connectivity index is 2.35. The lowest BCUT2D eigenvalue weighted by Crippen LogP contribution is -2.54. The molecular weight excluding hydrogens is 450 g/mol. The lowest BCUT2D eigenvalue weighted by atomic mass is 10.0. The molecule has 1 aliphatic rings. The molecular formula is C22H31N3O7S. The lowest BCUT2D eigenvalue weighted by Gasteiger charge is -2.34. The first kappa shape index (κ1) is 26.3. The second-order valence-corrected chi connectivity index (χ2v) is 9.01. The Morgan fingerprint density at radius 2 is 1.91 bits per heavy atom. The van der Waals surface area contributed by atoms with Crippen LogP contribution in [-0.2, 0) is 23.9 Å². The number of phenolic OH excluding ortho intramolecular Hbond substituents is 1. The molecule has 0 aromatic heterocycles. The first-order chi connectivity index (χ1) is 15.5. The Morgan fingerprint density at radius 3 is 2.42 bits per heavy atom. The van der Waals surface area contributed by atoms with Gasteiger partial charge in [0.25, 0.3) is 0 Å². The predicted octanol–water partition coefficient (Wildman–Crippen LogP) is 1.54. The van der Waals surface area contributed by atoms with Crippen LogP contribution in [0, 0.1) is 0 Å². The fourth-order valence-electron chi connectivity index (χ4n) is 3.15. The summed E-state index contributed by atoms with van der Waals surface area (Å²) in [5.41, 5.74) is -0.407. The van der Waals surface area contributed by atoms with Gasteiger partial charge in [-0.3, -0.25) is 14.4 Å². The second kappa shape index (κ2) is 11.3. The molecule has 0 spiro atoms. The number of esters is 1. The maximum atomic E-state index is 13.5. The van der Waals surface area contributed by atoms with Gasteiger partial charge in [0.2, 0.25) is 11.8 Å². The van der Waals surface area contributed by atoms with Crippen LogP contribution in [0.3, 0.4) is 0 Å². The van der Waals surface area contributed by atoms with Crippen LogP contribution in [0.2, 0.25) is 0 Å². The van der Waals surface area contributed by atoms with Gasteiger partial charge >= 0.3 is 12.1 Å². The van der Waals surface area contributed by atoms with Crippen molar-refractivity contribution in [3.8, 4) is 5.75 Å². The summed E-state index contributed by atoms with van der Waals surface area (Å²) in [4.78, 5) is 51.9. The molecule has 33 heavy (non-hydrogen) atoms. The van der Waals surface area contributed by atoms with Crippen LogP contribution >= 0.6 is 12.6 Å². The van der Waals surface area contributed by atoms with Crippen molar-refractivity contribution in [1.82, 2.24) is 15.5 Å². The molecule has 3 N–H and O–H groups in total. The van der Waals surface area contributed by atoms with E-state index in [4.69, 9.17) is 4.74 Å². The number of alkyl carbamates (subject to hydrolysis) is 1. The van der Waals surface area contributed by atoms with Crippen molar-refractivity contribution in [2.24, 2.45) is 0 Å². The maximum absolute atomic E-state index is 13.5. The molecule has 2 atom stereocenters. The van der Waals surface area contributed by atoms with Gasteiger partial charge in [-0.2, -0.15) is 12.6 Å². The largest absolute Gasteiger partial charge is 0.508 e. The molecule has 1 aromatic carbocycles. The summed E-state index contributed by atoms with van der Waals surface area (Å²) in [6.45, 7) is 4.71. The number of methoxy groups -OCH3 is 1. The standard InChI is InChI=1S/C22H31N3O7S/c1-22(2,3)32-21(30)24-16(12-33)20(29)25(14-8-9-14)18(13-6-5-7-15(26)10-13)19(28)23-11-17(27)31-4/h5-7,10,14,16,18,26,33H,8-9,11-12H2,1-4H3,(H,23,28)(H,24,30). The lowest BCUT2D eigenvalue weighted by molar-refractivity contribution is -0.145. The average Bonchev–Trinajstić information content (AvgIpc) is 3.57. The van der Waals surface area contributed by atoms with Crippen LogP contribution in [-0.4, -0.2) is 71.0 Å². The van der Waals surface area contributed by atoms with Crippen LogP contribution in [0.1, 0.15) is 45.2 Å². The Hall–Kier alpha value is -2.95. The molecule has 1 fully saturated rings. The minimum Gasteiger partial charge on any atom is -0.508 e. The first-order valence-corrected chi connectivity index (χ1v) is 11.2. The van der Waals surface area contributed by atoms with Crippen LogP contribution in [0.25, 0.3) is 0 Å². The van der Waals surface area contributed by atoms with Gasteiger partial charge in [0.1, 0.15) is 30.0 Å². The third kappa shape index (κ3) is 7.85. The van der Waals surface area contributed by atoms with Crippen LogP contribution in [0.5, 0.6) is 5.75 Å². The number of rotatable bonds is 9. The minimum absolute atomic E-state index is 0.0299. The van der Waals surface area contributed by atoms with E-state index in [2.05, 4.69) is 28.0 Å². The molecule has 2 unspecified atom stereocenters. The van der Waals surface area contributed by atoms with E-state index < -0.39 is 41.6 Å². The fourth-order valence-corrected chi connectivity index (χ4v) is 3.39. The Morgan fingerprint density at radius 1 is 1.24 bits per heavy atom. The summed E-state index contributed by atoms with van der Waals surface area (Å²) in [5, 5.41) is 15.0. The van der Waals surface area contributed by atoms with E-state index in [0.29, 0.717) is 18.4 Å². The van der Waals surface area contributed by atoms with Crippen molar-refractivity contribution in [2.75, 3.05) is 19.4 Å². The molecule has 0 saturated heterocycles. The summed E-state index contributed by atoms with van der Waals surface area (Å²) in [5.74, 6) is -1.92. The zero-order valence-electron chi connectivity index (χ0n) is 19.2. The summed E-state index contributed by atoms with van der Waals surface area (Å²) >= 11 is 4.21. The molecule has 0 bridgehead atoms. The zero-order valence-corrected chi connectivity index (χ0v) is 20.1. The molecule has 0 radical (unpaired) electrons. The van der Waals surface area contributed by atoms with Gasteiger partial charge in [0, 0.05) is 11.8 Å². The van der Waals surface area contributed by atoms with Crippen LogP contribution in [0.15, 0.2) is 24.3 Å². The van der Waals surface area contributed by atoms with Gasteiger partial charge in [-0.25, -0.2) is 4.79 Å². The van der Waals surface area contributed by atoms with Crippen molar-refractivity contribution in [2.45, 2.75) is 57.3 Å². The SMILES string of the molecule is COC(=O)CNC(=O)C(c1cccc(O)c1)N(C(=O)C(CS)NC(=O)OC(C)(C)C)C1CC1. The Labute approximate surface area is 198 Å². The van der Waals surface area contributed by atoms with Crippen LogP contribution < -0.4 is 10.6 Å². The monoisotopic (exact) mass is 481 g/mol. The zero-order chi connectivity index (χ0) is 24.8. The molecule has 1 aliphatic carbocycles. The molecule has 1 aromatic rings. The van der Waals surface area contributed by atoms with E-state index in [1.165, 1.54) is 24.1 Å². The van der Waals surface area contributed by atoms with Gasteiger partial charge in [-0.15, -0.1) is 0 Å². The molecule has 182 valence electrons. The number of carbonyl (C=O) groups excluding carboxylic acids is 4. The number of hydrogen-bond acceptors (Lipinski definition) is 8. The third-order valence-electron chi connectivity index (χ3n) is 4.71. The third-order valence-corrected chi connectivity index (χ3v) is 5.08. The highest BCUT2D eigenvalue weighted by molar-refractivity contribution is 7.80. The molecule has 0 aliphatic heterocycles. The summed E-state index contributed by atoms with van der Waals surface area (Å²) in [6, 6.07) is 3.51. The number of amides is 3. The molecule has 10 nitrogen and oxygen atoms in total. The van der Waals surface area contributed by atoms with E-state index in [1.807, 2.05) is 0 Å². The number of thiol groups is 1. The minimum atomic E-state index is -1.15. The van der Waals surface area contributed by atoms with E-state index in [-0.39, 0.29) is 24.1 Å². The van der Waals surface area contributed by atoms with Crippen molar-refractivity contribution < 1.29 is 33.8 Å². The highest BCUT2D eigenvalue weighted by atomic mass is 32.1.